The molecule has 0 aliphatic carbocycles. The highest BCUT2D eigenvalue weighted by Gasteiger charge is 2.27. The van der Waals surface area contributed by atoms with E-state index in [1.165, 1.54) is 0 Å². The van der Waals surface area contributed by atoms with Gasteiger partial charge in [-0.1, -0.05) is 0 Å². The van der Waals surface area contributed by atoms with Crippen molar-refractivity contribution in [3.63, 3.8) is 0 Å². The average Bonchev–Trinajstić information content (AvgIpc) is 2.28. The molecule has 0 aromatic rings. The summed E-state index contributed by atoms with van der Waals surface area (Å²) in [6.45, 7) is 3.20. The van der Waals surface area contributed by atoms with Crippen LogP contribution < -0.4 is 4.72 Å². The van der Waals surface area contributed by atoms with Crippen molar-refractivity contribution in [1.82, 2.24) is 9.62 Å². The molecule has 1 unspecified atom stereocenters. The summed E-state index contributed by atoms with van der Waals surface area (Å²) >= 11 is 0. The van der Waals surface area contributed by atoms with Gasteiger partial charge in [-0.05, 0) is 32.6 Å². The molecule has 1 saturated heterocycles. The number of hydrogen-bond acceptors (Lipinski definition) is 4. The first kappa shape index (κ1) is 15.2. The number of sulfonamides is 1. The van der Waals surface area contributed by atoms with E-state index < -0.39 is 10.0 Å². The predicted molar refractivity (Wildman–Crippen MR) is 68.8 cm³/mol. The zero-order valence-corrected chi connectivity index (χ0v) is 11.8. The second-order valence-corrected chi connectivity index (χ2v) is 6.33. The Morgan fingerprint density at radius 3 is 2.78 bits per heavy atom. The van der Waals surface area contributed by atoms with E-state index in [1.807, 2.05) is 0 Å². The lowest BCUT2D eigenvalue weighted by Crippen LogP contribution is -2.45. The van der Waals surface area contributed by atoms with Gasteiger partial charge >= 0.3 is 6.09 Å². The summed E-state index contributed by atoms with van der Waals surface area (Å²) in [5, 5.41) is 0. The Hall–Kier alpha value is -0.820. The molecule has 0 aromatic carbocycles. The van der Waals surface area contributed by atoms with Gasteiger partial charge in [-0.2, -0.15) is 0 Å². The van der Waals surface area contributed by atoms with Crippen molar-refractivity contribution in [3.05, 3.63) is 0 Å². The van der Waals surface area contributed by atoms with Gasteiger partial charge in [0.2, 0.25) is 10.0 Å². The second kappa shape index (κ2) is 6.94. The molecule has 1 aliphatic heterocycles. The van der Waals surface area contributed by atoms with Gasteiger partial charge in [0.15, 0.2) is 0 Å². The SMILES string of the molecule is CCOC(=O)N1CCCCC1CCNS(C)(=O)=O. The van der Waals surface area contributed by atoms with Crippen LogP contribution >= 0.6 is 0 Å². The molecular formula is C11H22N2O4S. The molecule has 1 aliphatic rings. The third kappa shape index (κ3) is 5.22. The number of nitrogens with one attached hydrogen (secondary N) is 1. The van der Waals surface area contributed by atoms with E-state index in [2.05, 4.69) is 4.72 Å². The normalized spacial score (nSPS) is 20.8. The van der Waals surface area contributed by atoms with Crippen LogP contribution in [-0.2, 0) is 14.8 Å². The lowest BCUT2D eigenvalue weighted by molar-refractivity contribution is 0.0749. The summed E-state index contributed by atoms with van der Waals surface area (Å²) in [5.41, 5.74) is 0. The molecule has 1 fully saturated rings. The maximum absolute atomic E-state index is 11.7. The topological polar surface area (TPSA) is 75.7 Å². The van der Waals surface area contributed by atoms with Crippen molar-refractivity contribution < 1.29 is 17.9 Å². The fourth-order valence-electron chi connectivity index (χ4n) is 2.16. The Labute approximate surface area is 109 Å². The summed E-state index contributed by atoms with van der Waals surface area (Å²) in [7, 11) is -3.16. The highest BCUT2D eigenvalue weighted by Crippen LogP contribution is 2.20. The summed E-state index contributed by atoms with van der Waals surface area (Å²) in [5.74, 6) is 0. The molecule has 0 radical (unpaired) electrons. The van der Waals surface area contributed by atoms with Crippen LogP contribution in [0.4, 0.5) is 4.79 Å². The summed E-state index contributed by atoms with van der Waals surface area (Å²) in [4.78, 5) is 13.5. The van der Waals surface area contributed by atoms with E-state index >= 15 is 0 Å². The Morgan fingerprint density at radius 1 is 1.44 bits per heavy atom. The molecule has 0 aromatic heterocycles. The third-order valence-electron chi connectivity index (χ3n) is 2.97. The summed E-state index contributed by atoms with van der Waals surface area (Å²) < 4.78 is 29.4. The van der Waals surface area contributed by atoms with E-state index in [4.69, 9.17) is 4.74 Å². The van der Waals surface area contributed by atoms with Gasteiger partial charge in [0.25, 0.3) is 0 Å². The van der Waals surface area contributed by atoms with E-state index in [0.717, 1.165) is 25.5 Å². The smallest absolute Gasteiger partial charge is 0.409 e. The minimum absolute atomic E-state index is 0.0760. The number of rotatable bonds is 5. The molecule has 1 N–H and O–H groups in total. The van der Waals surface area contributed by atoms with E-state index in [1.54, 1.807) is 11.8 Å². The van der Waals surface area contributed by atoms with Crippen LogP contribution in [0.3, 0.4) is 0 Å². The molecule has 18 heavy (non-hydrogen) atoms. The second-order valence-electron chi connectivity index (χ2n) is 4.50. The number of amides is 1. The Kier molecular flexibility index (Phi) is 5.87. The third-order valence-corrected chi connectivity index (χ3v) is 3.70. The fourth-order valence-corrected chi connectivity index (χ4v) is 2.65. The summed E-state index contributed by atoms with van der Waals surface area (Å²) in [6, 6.07) is 0.0760. The first-order chi connectivity index (χ1) is 8.44. The van der Waals surface area contributed by atoms with Gasteiger partial charge in [-0.3, -0.25) is 0 Å². The van der Waals surface area contributed by atoms with Gasteiger partial charge < -0.3 is 9.64 Å². The lowest BCUT2D eigenvalue weighted by atomic mass is 10.00. The number of hydrogen-bond donors (Lipinski definition) is 1. The van der Waals surface area contributed by atoms with Gasteiger partial charge in [0.1, 0.15) is 0 Å². The number of piperidine rings is 1. The van der Waals surface area contributed by atoms with Crippen molar-refractivity contribution in [2.45, 2.75) is 38.6 Å². The van der Waals surface area contributed by atoms with Crippen molar-refractivity contribution in [1.29, 1.82) is 0 Å². The maximum Gasteiger partial charge on any atom is 0.409 e. The maximum atomic E-state index is 11.7. The standard InChI is InChI=1S/C11H22N2O4S/c1-3-17-11(14)13-9-5-4-6-10(13)7-8-12-18(2,15)16/h10,12H,3-9H2,1-2H3. The monoisotopic (exact) mass is 278 g/mol. The zero-order chi connectivity index (χ0) is 13.6. The molecule has 1 rings (SSSR count). The molecule has 106 valence electrons. The molecular weight excluding hydrogens is 256 g/mol. The van der Waals surface area contributed by atoms with E-state index in [0.29, 0.717) is 26.1 Å². The minimum atomic E-state index is -3.16. The molecule has 1 heterocycles. The van der Waals surface area contributed by atoms with Gasteiger partial charge in [-0.15, -0.1) is 0 Å². The van der Waals surface area contributed by atoms with Crippen LogP contribution in [0.2, 0.25) is 0 Å². The molecule has 1 amide bonds. The molecule has 7 heteroatoms. The Morgan fingerprint density at radius 2 is 2.17 bits per heavy atom. The molecule has 0 bridgehead atoms. The minimum Gasteiger partial charge on any atom is -0.450 e. The van der Waals surface area contributed by atoms with E-state index in [9.17, 15) is 13.2 Å². The first-order valence-corrected chi connectivity index (χ1v) is 8.21. The van der Waals surface area contributed by atoms with Crippen LogP contribution in [0.15, 0.2) is 0 Å². The number of likely N-dealkylation sites (tertiary alicyclic amines) is 1. The molecule has 1 atom stereocenters. The van der Waals surface area contributed by atoms with Crippen molar-refractivity contribution in [2.24, 2.45) is 0 Å². The van der Waals surface area contributed by atoms with Gasteiger partial charge in [0, 0.05) is 19.1 Å². The fraction of sp³-hybridized carbons (Fsp3) is 0.909. The van der Waals surface area contributed by atoms with E-state index in [-0.39, 0.29) is 12.1 Å². The lowest BCUT2D eigenvalue weighted by Gasteiger charge is -2.34. The Bertz CT molecular complexity index is 369. The molecule has 0 saturated carbocycles. The largest absolute Gasteiger partial charge is 0.450 e. The number of carbonyl (C=O) groups excluding carboxylic acids is 1. The van der Waals surface area contributed by atoms with Crippen molar-refractivity contribution >= 4 is 16.1 Å². The number of nitrogens with zero attached hydrogens (tertiary/aromatic N) is 1. The summed E-state index contributed by atoms with van der Waals surface area (Å²) in [6.07, 6.45) is 4.43. The molecule has 6 nitrogen and oxygen atoms in total. The van der Waals surface area contributed by atoms with Crippen molar-refractivity contribution in [2.75, 3.05) is 26.0 Å². The zero-order valence-electron chi connectivity index (χ0n) is 11.0. The van der Waals surface area contributed by atoms with Crippen LogP contribution in [0.25, 0.3) is 0 Å². The predicted octanol–water partition coefficient (Wildman–Crippen LogP) is 0.937. The van der Waals surface area contributed by atoms with Crippen LogP contribution in [0, 0.1) is 0 Å². The highest BCUT2D eigenvalue weighted by molar-refractivity contribution is 7.88. The van der Waals surface area contributed by atoms with Crippen molar-refractivity contribution in [3.8, 4) is 0 Å². The number of carbonyl (C=O) groups is 1. The van der Waals surface area contributed by atoms with Gasteiger partial charge in [0.05, 0.1) is 12.9 Å². The quantitative estimate of drug-likeness (QED) is 0.812. The Balaban J connectivity index is 2.47. The number of ether oxygens (including phenoxy) is 1. The average molecular weight is 278 g/mol. The first-order valence-electron chi connectivity index (χ1n) is 6.32. The van der Waals surface area contributed by atoms with Gasteiger partial charge in [-0.25, -0.2) is 17.9 Å². The highest BCUT2D eigenvalue weighted by atomic mass is 32.2. The molecule has 0 spiro atoms. The van der Waals surface area contributed by atoms with Crippen LogP contribution in [0.1, 0.15) is 32.6 Å². The van der Waals surface area contributed by atoms with Crippen LogP contribution in [0.5, 0.6) is 0 Å². The van der Waals surface area contributed by atoms with Crippen LogP contribution in [-0.4, -0.2) is 51.4 Å².